The molecule has 4 aliphatic rings. The lowest BCUT2D eigenvalue weighted by Crippen LogP contribution is -2.36. The topological polar surface area (TPSA) is 523 Å². The Morgan fingerprint density at radius 1 is 0.388 bits per heavy atom. The second kappa shape index (κ2) is 40.5. The van der Waals surface area contributed by atoms with Gasteiger partial charge in [0.05, 0.1) is 148 Å². The highest BCUT2D eigenvalue weighted by Crippen LogP contribution is 2.37. The Morgan fingerprint density at radius 2 is 0.761 bits per heavy atom. The summed E-state index contributed by atoms with van der Waals surface area (Å²) in [7, 11) is -19.4. The number of allylic oxidation sites excluding steroid dienone is 3. The molecule has 4 aromatic carbocycles. The first kappa shape index (κ1) is 92.7. The van der Waals surface area contributed by atoms with Crippen molar-refractivity contribution in [1.82, 2.24) is 70.8 Å². The molecule has 1 fully saturated rings. The van der Waals surface area contributed by atoms with Crippen molar-refractivity contribution in [3.8, 4) is 17.2 Å². The fraction of sp³-hybridized carbons (Fsp3) is 0.148. The lowest BCUT2D eigenvalue weighted by molar-refractivity contribution is 0.0842. The maximum atomic E-state index is 13.0. The van der Waals surface area contributed by atoms with Crippen molar-refractivity contribution >= 4 is 125 Å². The fourth-order valence-corrected chi connectivity index (χ4v) is 18.7. The van der Waals surface area contributed by atoms with E-state index >= 15 is 0 Å². The number of carbonyl (C=O) groups excluding carboxylic acids is 5. The largest absolute Gasteiger partial charge is 0.490 e. The van der Waals surface area contributed by atoms with Gasteiger partial charge in [0.2, 0.25) is 0 Å². The molecule has 686 valence electrons. The van der Waals surface area contributed by atoms with E-state index in [0.29, 0.717) is 61.1 Å². The van der Waals surface area contributed by atoms with Crippen molar-refractivity contribution in [1.29, 1.82) is 0 Å². The highest BCUT2D eigenvalue weighted by Gasteiger charge is 2.31. The zero-order chi connectivity index (χ0) is 94.2. The van der Waals surface area contributed by atoms with Gasteiger partial charge in [-0.25, -0.2) is 0 Å². The number of furan rings is 1. The van der Waals surface area contributed by atoms with Crippen LogP contribution in [0.5, 0.6) is 17.2 Å². The maximum Gasteiger partial charge on any atom is 0.283 e. The van der Waals surface area contributed by atoms with E-state index in [0.717, 1.165) is 64.0 Å². The highest BCUT2D eigenvalue weighted by molar-refractivity contribution is 7.94. The van der Waals surface area contributed by atoms with Gasteiger partial charge in [0.1, 0.15) is 45.4 Å². The number of hydrogen-bond donors (Lipinski definition) is 5. The second-order valence-corrected chi connectivity index (χ2v) is 38.6. The summed E-state index contributed by atoms with van der Waals surface area (Å²) < 4.78 is 159. The smallest absolute Gasteiger partial charge is 0.283 e. The van der Waals surface area contributed by atoms with Gasteiger partial charge in [-0.05, 0) is 172 Å². The number of pyridine rings is 5. The van der Waals surface area contributed by atoms with E-state index in [1.54, 1.807) is 158 Å². The number of aryl methyl sites for hydroxylation is 1. The summed E-state index contributed by atoms with van der Waals surface area (Å²) in [6.45, 7) is 7.75. The first-order valence-corrected chi connectivity index (χ1v) is 47.8. The number of nitrogens with zero attached hydrogens (tertiary/aromatic N) is 16. The van der Waals surface area contributed by atoms with Crippen molar-refractivity contribution in [2.45, 2.75) is 64.7 Å². The van der Waals surface area contributed by atoms with E-state index in [9.17, 15) is 66.1 Å². The fourth-order valence-electron chi connectivity index (χ4n) is 13.0. The molecular weight excluding hydrogens is 1830 g/mol. The maximum absolute atomic E-state index is 13.0. The van der Waals surface area contributed by atoms with Crippen LogP contribution in [-0.2, 0) is 61.3 Å². The number of fused-ring (bicyclic) bond motifs is 3. The van der Waals surface area contributed by atoms with E-state index in [1.807, 2.05) is 13.8 Å². The predicted octanol–water partition coefficient (Wildman–Crippen LogP) is 10.5. The summed E-state index contributed by atoms with van der Waals surface area (Å²) in [6, 6.07) is 46.8. The molecule has 19 rings (SSSR count). The lowest BCUT2D eigenvalue weighted by Gasteiger charge is -2.32. The van der Waals surface area contributed by atoms with Crippen molar-refractivity contribution in [3.63, 3.8) is 0 Å². The number of ether oxygens (including phenoxy) is 4. The van der Waals surface area contributed by atoms with E-state index in [-0.39, 0.29) is 87.0 Å². The Kier molecular flexibility index (Phi) is 28.0. The Labute approximate surface area is 765 Å². The number of aromatic nitrogens is 15. The van der Waals surface area contributed by atoms with E-state index in [2.05, 4.69) is 81.9 Å². The number of rotatable bonds is 21. The van der Waals surface area contributed by atoms with Crippen LogP contribution in [0.2, 0.25) is 0 Å². The van der Waals surface area contributed by atoms with Crippen LogP contribution in [0.15, 0.2) is 322 Å². The quantitative estimate of drug-likeness (QED) is 0.0446. The van der Waals surface area contributed by atoms with Crippen LogP contribution in [0.4, 0.5) is 34.1 Å². The number of hydrogen-bond acceptors (Lipinski definition) is 31. The van der Waals surface area contributed by atoms with Gasteiger partial charge in [0.25, 0.3) is 79.7 Å². The van der Waals surface area contributed by atoms with Crippen LogP contribution in [0.1, 0.15) is 91.1 Å². The first-order valence-electron chi connectivity index (χ1n) is 40.6. The molecule has 0 bridgehead atoms. The molecule has 5 amide bonds. The number of benzene rings is 4. The lowest BCUT2D eigenvalue weighted by atomic mass is 9.94. The standard InChI is InChI=1S/C20H20N4O4S.C19H19N5O4S.C18H16N4O5S.C17H12N4O4S.C14H12N4O3S/c1-20(2)9-8-14-6-7-16(11-18(14)28-20)29(26,27)24-13-15(12-22-24)23-19(25)17-5-3-4-10-21-17;25-19(18-3-1-2-8-20-18)22-15-13-21-24(14-15)29(26,27)17-6-4-16(5-7-17)23-9-11-28-12-10-23;23-18(15-4-1-2-7-19-15)21-13-11-20-22(12-13)28(24,25)14-5-6-16-17(10-14)27-9-3-8-26-16;22-17(15-3-1-2-7-18-15)20-13-10-19-21(11-13)26(23,24)14-4-5-16-12(9-14)6-8-25-16;19-14(13-7-3-4-8-15-13)17-11-9-16-18(10-11)22(20,21)12-5-1-2-6-12/h3-7,10-13H,8-9H2,1-2H3,(H,23,25);1-8,13-14H,9-12H2,(H,22,25);1-2,4-7,10-12H,3,8-9H2,(H,21,23);1-11H,(H,20,22);1,3-10H,2H2,(H,17,19). The third-order valence-corrected chi connectivity index (χ3v) is 27.6. The second-order valence-electron chi connectivity index (χ2n) is 29.6. The van der Waals surface area contributed by atoms with Crippen molar-refractivity contribution in [3.05, 3.63) is 332 Å². The van der Waals surface area contributed by atoms with Crippen molar-refractivity contribution < 1.29 is 89.4 Å². The third kappa shape index (κ3) is 22.3. The predicted molar refractivity (Wildman–Crippen MR) is 486 cm³/mol. The minimum absolute atomic E-state index is 0.00227. The van der Waals surface area contributed by atoms with Gasteiger partial charge in [-0.15, -0.1) is 0 Å². The van der Waals surface area contributed by atoms with Crippen LogP contribution in [0.3, 0.4) is 0 Å². The van der Waals surface area contributed by atoms with Gasteiger partial charge < -0.3 is 54.8 Å². The van der Waals surface area contributed by atoms with E-state index in [4.69, 9.17) is 23.4 Å². The number of anilines is 6. The van der Waals surface area contributed by atoms with Gasteiger partial charge in [-0.3, -0.25) is 48.9 Å². The molecule has 0 atom stereocenters. The van der Waals surface area contributed by atoms with Crippen LogP contribution >= 0.6 is 0 Å². The average molecular weight is 1910 g/mol. The summed E-state index contributed by atoms with van der Waals surface area (Å²) in [5.41, 5.74) is 4.53. The number of nitrogens with one attached hydrogen (secondary N) is 5. The monoisotopic (exact) mass is 1910 g/mol. The molecule has 11 aromatic heterocycles. The van der Waals surface area contributed by atoms with Crippen LogP contribution < -0.4 is 45.7 Å². The summed E-state index contributed by atoms with van der Waals surface area (Å²) in [5.74, 6) is -0.815. The van der Waals surface area contributed by atoms with Gasteiger partial charge in [-0.2, -0.15) is 88.0 Å². The Balaban J connectivity index is 0.000000128. The molecule has 14 heterocycles. The Bertz CT molecular complexity index is 7490. The number of carbonyl (C=O) groups is 5. The summed E-state index contributed by atoms with van der Waals surface area (Å²) >= 11 is 0. The Hall–Kier alpha value is -16.0. The molecule has 1 aliphatic carbocycles. The molecule has 15 aromatic rings. The summed E-state index contributed by atoms with van der Waals surface area (Å²) in [5, 5.41) is 32.8. The molecule has 0 radical (unpaired) electrons. The molecule has 3 aliphatic heterocycles. The molecular formula is C88H79N21O20S5. The summed E-state index contributed by atoms with van der Waals surface area (Å²) in [4.78, 5) is 82.8. The highest BCUT2D eigenvalue weighted by atomic mass is 32.2. The molecule has 0 saturated carbocycles. The molecule has 0 unspecified atom stereocenters. The molecule has 46 heteroatoms. The van der Waals surface area contributed by atoms with Gasteiger partial charge >= 0.3 is 0 Å². The van der Waals surface area contributed by atoms with Crippen LogP contribution in [0, 0.1) is 0 Å². The van der Waals surface area contributed by atoms with Crippen molar-refractivity contribution in [2.24, 2.45) is 0 Å². The molecule has 134 heavy (non-hydrogen) atoms. The zero-order valence-corrected chi connectivity index (χ0v) is 74.7. The normalized spacial score (nSPS) is 13.8. The zero-order valence-electron chi connectivity index (χ0n) is 70.6. The van der Waals surface area contributed by atoms with E-state index in [1.165, 1.54) is 136 Å². The van der Waals surface area contributed by atoms with Gasteiger partial charge in [0, 0.05) is 73.7 Å². The molecule has 0 spiro atoms. The SMILES string of the molecule is CC1(C)CCc2ccc(S(=O)(=O)n3cc(NC(=O)c4ccccn4)cn3)cc2O1.O=C(Nc1cnn(S(=O)(=O)C2=CCC=C2)c1)c1ccccn1.O=C(Nc1cnn(S(=O)(=O)c2ccc(N3CCOCC3)cc2)c1)c1ccccn1.O=C(Nc1cnn(S(=O)(=O)c2ccc3c(c2)OCCCO3)c1)c1ccccn1.O=C(Nc1cnn(S(=O)(=O)c2ccc3occc3c2)c1)c1ccccn1. The number of morpholine rings is 1. The van der Waals surface area contributed by atoms with Crippen LogP contribution in [0.25, 0.3) is 11.0 Å². The Morgan fingerprint density at radius 3 is 1.16 bits per heavy atom. The van der Waals surface area contributed by atoms with Gasteiger partial charge in [-0.1, -0.05) is 48.6 Å². The first-order chi connectivity index (χ1) is 64.4. The molecule has 41 nitrogen and oxygen atoms in total. The summed E-state index contributed by atoms with van der Waals surface area (Å²) in [6.07, 6.45) is 29.4. The average Bonchev–Trinajstić information content (AvgIpc) is 1.27. The van der Waals surface area contributed by atoms with Crippen LogP contribution in [-0.4, -0.2) is 188 Å². The van der Waals surface area contributed by atoms with E-state index < -0.39 is 79.7 Å². The third-order valence-electron chi connectivity index (χ3n) is 19.8. The molecule has 5 N–H and O–H groups in total. The van der Waals surface area contributed by atoms with Crippen molar-refractivity contribution in [2.75, 3.05) is 71.0 Å². The molecule has 1 saturated heterocycles. The van der Waals surface area contributed by atoms with Gasteiger partial charge in [0.15, 0.2) is 11.5 Å². The minimum atomic E-state index is -3.96. The number of amides is 5. The minimum Gasteiger partial charge on any atom is -0.490 e.